The SMILES string of the molecule is C=C/C=C\C(=C(/C)OC)N1CCC(=O)NC1=O. The van der Waals surface area contributed by atoms with Crippen molar-refractivity contribution in [2.45, 2.75) is 13.3 Å². The summed E-state index contributed by atoms with van der Waals surface area (Å²) in [6.07, 6.45) is 5.33. The lowest BCUT2D eigenvalue weighted by Gasteiger charge is -2.28. The molecule has 1 fully saturated rings. The van der Waals surface area contributed by atoms with Gasteiger partial charge in [0.1, 0.15) is 5.76 Å². The van der Waals surface area contributed by atoms with Gasteiger partial charge in [0.05, 0.1) is 12.8 Å². The summed E-state index contributed by atoms with van der Waals surface area (Å²) in [6, 6.07) is -0.429. The smallest absolute Gasteiger partial charge is 0.328 e. The predicted octanol–water partition coefficient (Wildman–Crippen LogP) is 1.55. The van der Waals surface area contributed by atoms with Crippen LogP contribution in [0.2, 0.25) is 0 Å². The zero-order valence-corrected chi connectivity index (χ0v) is 10.0. The van der Waals surface area contributed by atoms with Crippen LogP contribution in [0.5, 0.6) is 0 Å². The highest BCUT2D eigenvalue weighted by molar-refractivity contribution is 5.97. The van der Waals surface area contributed by atoms with Gasteiger partial charge in [-0.3, -0.25) is 15.0 Å². The lowest BCUT2D eigenvalue weighted by atomic mass is 10.2. The van der Waals surface area contributed by atoms with Crippen LogP contribution in [0.15, 0.2) is 36.3 Å². The van der Waals surface area contributed by atoms with Gasteiger partial charge in [0.2, 0.25) is 5.91 Å². The minimum Gasteiger partial charge on any atom is -0.499 e. The van der Waals surface area contributed by atoms with Crippen LogP contribution in [0.25, 0.3) is 0 Å². The van der Waals surface area contributed by atoms with E-state index in [2.05, 4.69) is 11.9 Å². The summed E-state index contributed by atoms with van der Waals surface area (Å²) in [5.41, 5.74) is 0.623. The van der Waals surface area contributed by atoms with Crippen molar-refractivity contribution in [2.24, 2.45) is 0 Å². The normalized spacial score (nSPS) is 17.9. The number of rotatable bonds is 4. The summed E-state index contributed by atoms with van der Waals surface area (Å²) in [4.78, 5) is 24.2. The quantitative estimate of drug-likeness (QED) is 0.595. The van der Waals surface area contributed by atoms with E-state index in [-0.39, 0.29) is 12.3 Å². The fraction of sp³-hybridized carbons (Fsp3) is 0.333. The molecule has 1 aliphatic rings. The number of carbonyl (C=O) groups is 2. The van der Waals surface area contributed by atoms with Crippen LogP contribution in [0.3, 0.4) is 0 Å². The van der Waals surface area contributed by atoms with Crippen LogP contribution >= 0.6 is 0 Å². The van der Waals surface area contributed by atoms with Crippen LogP contribution in [-0.4, -0.2) is 30.5 Å². The molecule has 17 heavy (non-hydrogen) atoms. The molecule has 0 radical (unpaired) electrons. The average molecular weight is 236 g/mol. The van der Waals surface area contributed by atoms with Gasteiger partial charge in [0, 0.05) is 13.0 Å². The molecule has 0 aromatic carbocycles. The van der Waals surface area contributed by atoms with Gasteiger partial charge < -0.3 is 4.74 Å². The van der Waals surface area contributed by atoms with Gasteiger partial charge in [-0.25, -0.2) is 4.79 Å². The highest BCUT2D eigenvalue weighted by Gasteiger charge is 2.26. The van der Waals surface area contributed by atoms with Crippen molar-refractivity contribution in [1.29, 1.82) is 0 Å². The number of nitrogens with one attached hydrogen (secondary N) is 1. The predicted molar refractivity (Wildman–Crippen MR) is 63.9 cm³/mol. The molecule has 0 spiro atoms. The van der Waals surface area contributed by atoms with Crippen LogP contribution in [-0.2, 0) is 9.53 Å². The first-order valence-corrected chi connectivity index (χ1v) is 5.25. The molecule has 1 heterocycles. The highest BCUT2D eigenvalue weighted by atomic mass is 16.5. The number of hydrogen-bond donors (Lipinski definition) is 1. The van der Waals surface area contributed by atoms with Gasteiger partial charge in [-0.2, -0.15) is 0 Å². The number of carbonyl (C=O) groups excluding carboxylic acids is 2. The summed E-state index contributed by atoms with van der Waals surface area (Å²) in [6.45, 7) is 5.68. The molecule has 0 unspecified atom stereocenters. The van der Waals surface area contributed by atoms with E-state index in [0.717, 1.165) is 0 Å². The van der Waals surface area contributed by atoms with Crippen molar-refractivity contribution in [2.75, 3.05) is 13.7 Å². The molecular weight excluding hydrogens is 220 g/mol. The first kappa shape index (κ1) is 13.0. The Hall–Kier alpha value is -2.04. The van der Waals surface area contributed by atoms with Gasteiger partial charge in [0.25, 0.3) is 0 Å². The summed E-state index contributed by atoms with van der Waals surface area (Å²) in [5, 5.41) is 2.26. The molecule has 1 saturated heterocycles. The van der Waals surface area contributed by atoms with E-state index >= 15 is 0 Å². The summed E-state index contributed by atoms with van der Waals surface area (Å²) in [7, 11) is 1.53. The average Bonchev–Trinajstić information content (AvgIpc) is 2.31. The van der Waals surface area contributed by atoms with E-state index in [4.69, 9.17) is 4.74 Å². The molecule has 0 bridgehead atoms. The van der Waals surface area contributed by atoms with Gasteiger partial charge in [-0.15, -0.1) is 0 Å². The van der Waals surface area contributed by atoms with Gasteiger partial charge in [-0.05, 0) is 13.0 Å². The van der Waals surface area contributed by atoms with Crippen LogP contribution in [0, 0.1) is 0 Å². The van der Waals surface area contributed by atoms with E-state index in [1.54, 1.807) is 25.2 Å². The summed E-state index contributed by atoms with van der Waals surface area (Å²) in [5.74, 6) is 0.348. The first-order valence-electron chi connectivity index (χ1n) is 5.25. The maximum Gasteiger partial charge on any atom is 0.328 e. The molecule has 5 nitrogen and oxygen atoms in total. The molecule has 0 atom stereocenters. The summed E-state index contributed by atoms with van der Waals surface area (Å²) >= 11 is 0. The minimum atomic E-state index is -0.429. The maximum atomic E-state index is 11.7. The van der Waals surface area contributed by atoms with Crippen molar-refractivity contribution >= 4 is 11.9 Å². The number of amides is 3. The zero-order valence-electron chi connectivity index (χ0n) is 10.0. The minimum absolute atomic E-state index is 0.256. The Kier molecular flexibility index (Phi) is 4.51. The molecule has 1 N–H and O–H groups in total. The van der Waals surface area contributed by atoms with Crippen LogP contribution < -0.4 is 5.32 Å². The molecule has 3 amide bonds. The highest BCUT2D eigenvalue weighted by Crippen LogP contribution is 2.16. The van der Waals surface area contributed by atoms with E-state index in [1.807, 2.05) is 0 Å². The monoisotopic (exact) mass is 236 g/mol. The molecule has 92 valence electrons. The topological polar surface area (TPSA) is 58.6 Å². The van der Waals surface area contributed by atoms with E-state index in [9.17, 15) is 9.59 Å². The van der Waals surface area contributed by atoms with Gasteiger partial charge >= 0.3 is 6.03 Å². The van der Waals surface area contributed by atoms with Crippen LogP contribution in [0.1, 0.15) is 13.3 Å². The lowest BCUT2D eigenvalue weighted by molar-refractivity contribution is -0.121. The lowest BCUT2D eigenvalue weighted by Crippen LogP contribution is -2.48. The molecule has 1 rings (SSSR count). The first-order chi connectivity index (χ1) is 8.10. The molecule has 0 aromatic rings. The van der Waals surface area contributed by atoms with Gasteiger partial charge in [0.15, 0.2) is 0 Å². The zero-order chi connectivity index (χ0) is 12.8. The van der Waals surface area contributed by atoms with Crippen LogP contribution in [0.4, 0.5) is 4.79 Å². The Bertz CT molecular complexity index is 397. The Morgan fingerprint density at radius 2 is 2.24 bits per heavy atom. The number of ether oxygens (including phenoxy) is 1. The van der Waals surface area contributed by atoms with Crippen molar-refractivity contribution in [3.8, 4) is 0 Å². The van der Waals surface area contributed by atoms with Crippen molar-refractivity contribution in [3.63, 3.8) is 0 Å². The largest absolute Gasteiger partial charge is 0.499 e. The van der Waals surface area contributed by atoms with Crippen molar-refractivity contribution in [1.82, 2.24) is 10.2 Å². The number of nitrogens with zero attached hydrogens (tertiary/aromatic N) is 1. The number of methoxy groups -OCH3 is 1. The second-order valence-corrected chi connectivity index (χ2v) is 3.50. The van der Waals surface area contributed by atoms with Crippen molar-refractivity contribution < 1.29 is 14.3 Å². The van der Waals surface area contributed by atoms with Gasteiger partial charge in [-0.1, -0.05) is 18.7 Å². The van der Waals surface area contributed by atoms with E-state index in [0.29, 0.717) is 18.0 Å². The molecule has 0 aromatic heterocycles. The number of urea groups is 1. The Balaban J connectivity index is 2.99. The standard InChI is InChI=1S/C12H16N2O3/c1-4-5-6-10(9(2)17-3)14-8-7-11(15)13-12(14)16/h4-6H,1,7-8H2,2-3H3,(H,13,15,16)/b6-5-,10-9-. The Labute approximate surface area is 100 Å². The third kappa shape index (κ3) is 3.21. The van der Waals surface area contributed by atoms with E-state index in [1.165, 1.54) is 12.0 Å². The fourth-order valence-electron chi connectivity index (χ4n) is 1.46. The number of imide groups is 1. The third-order valence-corrected chi connectivity index (χ3v) is 2.40. The molecule has 0 saturated carbocycles. The number of allylic oxidation sites excluding steroid dienone is 4. The second-order valence-electron chi connectivity index (χ2n) is 3.50. The molecule has 0 aliphatic carbocycles. The molecular formula is C12H16N2O3. The molecule has 1 aliphatic heterocycles. The number of hydrogen-bond acceptors (Lipinski definition) is 3. The summed E-state index contributed by atoms with van der Waals surface area (Å²) < 4.78 is 5.13. The van der Waals surface area contributed by atoms with Crippen molar-refractivity contribution in [3.05, 3.63) is 36.3 Å². The maximum absolute atomic E-state index is 11.7. The second kappa shape index (κ2) is 5.89. The fourth-order valence-corrected chi connectivity index (χ4v) is 1.46. The van der Waals surface area contributed by atoms with E-state index < -0.39 is 6.03 Å². The Morgan fingerprint density at radius 3 is 2.76 bits per heavy atom. The Morgan fingerprint density at radius 1 is 1.53 bits per heavy atom. The molecule has 5 heteroatoms. The third-order valence-electron chi connectivity index (χ3n) is 2.40.